The number of nitrogens with one attached hydrogen (secondary N) is 1. The third-order valence-electron chi connectivity index (χ3n) is 4.87. The number of benzene rings is 2. The van der Waals surface area contributed by atoms with Crippen LogP contribution in [0.3, 0.4) is 0 Å². The van der Waals surface area contributed by atoms with Crippen LogP contribution in [0.2, 0.25) is 0 Å². The van der Waals surface area contributed by atoms with E-state index in [9.17, 15) is 4.79 Å². The molecule has 0 bridgehead atoms. The molecule has 2 unspecified atom stereocenters. The molecular weight excluding hydrogens is 322 g/mol. The van der Waals surface area contributed by atoms with E-state index >= 15 is 0 Å². The molecule has 0 saturated carbocycles. The van der Waals surface area contributed by atoms with Crippen LogP contribution in [0, 0.1) is 0 Å². The van der Waals surface area contributed by atoms with Gasteiger partial charge in [0, 0.05) is 6.04 Å². The summed E-state index contributed by atoms with van der Waals surface area (Å²) >= 11 is 0. The van der Waals surface area contributed by atoms with Gasteiger partial charge in [0.25, 0.3) is 0 Å². The summed E-state index contributed by atoms with van der Waals surface area (Å²) in [5.41, 5.74) is 3.69. The SMILES string of the molecule is CC(C)(C)OC(=O)NC1CCc2ccccc2C(Cc2ccccc2)C1. The maximum atomic E-state index is 12.2. The average molecular weight is 351 g/mol. The lowest BCUT2D eigenvalue weighted by molar-refractivity contribution is 0.0498. The first-order valence-corrected chi connectivity index (χ1v) is 9.52. The Bertz CT molecular complexity index is 733. The second-order valence-electron chi connectivity index (χ2n) is 8.20. The van der Waals surface area contributed by atoms with Crippen LogP contribution in [0.5, 0.6) is 0 Å². The molecule has 0 aliphatic heterocycles. The molecule has 0 aromatic heterocycles. The van der Waals surface area contributed by atoms with Gasteiger partial charge in [-0.3, -0.25) is 0 Å². The summed E-state index contributed by atoms with van der Waals surface area (Å²) in [5.74, 6) is 0.399. The zero-order valence-electron chi connectivity index (χ0n) is 16.0. The van der Waals surface area contributed by atoms with Gasteiger partial charge in [0.05, 0.1) is 0 Å². The smallest absolute Gasteiger partial charge is 0.407 e. The second kappa shape index (κ2) is 7.94. The quantitative estimate of drug-likeness (QED) is 0.768. The molecule has 1 amide bonds. The van der Waals surface area contributed by atoms with E-state index in [0.29, 0.717) is 5.92 Å². The Morgan fingerprint density at radius 3 is 2.50 bits per heavy atom. The number of ether oxygens (including phenoxy) is 1. The predicted octanol–water partition coefficient (Wildman–Crippen LogP) is 5.24. The fraction of sp³-hybridized carbons (Fsp3) is 0.435. The number of alkyl carbamates (subject to hydrolysis) is 1. The normalized spacial score (nSPS) is 20.0. The number of aryl methyl sites for hydroxylation is 1. The van der Waals surface area contributed by atoms with Gasteiger partial charge in [-0.1, -0.05) is 54.6 Å². The van der Waals surface area contributed by atoms with Gasteiger partial charge in [0.1, 0.15) is 5.60 Å². The van der Waals surface area contributed by atoms with Crippen LogP contribution in [0.15, 0.2) is 54.6 Å². The van der Waals surface area contributed by atoms with Crippen molar-refractivity contribution >= 4 is 6.09 Å². The predicted molar refractivity (Wildman–Crippen MR) is 105 cm³/mol. The third kappa shape index (κ3) is 5.10. The molecule has 0 saturated heterocycles. The van der Waals surface area contributed by atoms with Crippen LogP contribution < -0.4 is 5.32 Å². The van der Waals surface area contributed by atoms with Crippen molar-refractivity contribution in [1.29, 1.82) is 0 Å². The number of amides is 1. The van der Waals surface area contributed by atoms with Gasteiger partial charge in [-0.2, -0.15) is 0 Å². The first kappa shape index (κ1) is 18.5. The van der Waals surface area contributed by atoms with Crippen LogP contribution >= 0.6 is 0 Å². The molecule has 2 aromatic carbocycles. The van der Waals surface area contributed by atoms with Crippen molar-refractivity contribution in [3.63, 3.8) is 0 Å². The van der Waals surface area contributed by atoms with Gasteiger partial charge < -0.3 is 10.1 Å². The third-order valence-corrected chi connectivity index (χ3v) is 4.87. The van der Waals surface area contributed by atoms with E-state index in [1.807, 2.05) is 20.8 Å². The lowest BCUT2D eigenvalue weighted by Gasteiger charge is -2.25. The minimum atomic E-state index is -0.471. The monoisotopic (exact) mass is 351 g/mol. The highest BCUT2D eigenvalue weighted by atomic mass is 16.6. The minimum Gasteiger partial charge on any atom is -0.444 e. The maximum absolute atomic E-state index is 12.2. The molecule has 1 N–H and O–H groups in total. The van der Waals surface area contributed by atoms with Gasteiger partial charge in [-0.15, -0.1) is 0 Å². The molecule has 26 heavy (non-hydrogen) atoms. The topological polar surface area (TPSA) is 38.3 Å². The molecule has 3 nitrogen and oxygen atoms in total. The molecule has 1 aliphatic carbocycles. The lowest BCUT2D eigenvalue weighted by atomic mass is 9.86. The molecule has 2 aromatic rings. The van der Waals surface area contributed by atoms with E-state index in [0.717, 1.165) is 25.7 Å². The van der Waals surface area contributed by atoms with Crippen molar-refractivity contribution < 1.29 is 9.53 Å². The van der Waals surface area contributed by atoms with Crippen LogP contribution in [-0.4, -0.2) is 17.7 Å². The van der Waals surface area contributed by atoms with Crippen LogP contribution in [-0.2, 0) is 17.6 Å². The van der Waals surface area contributed by atoms with Crippen LogP contribution in [0.4, 0.5) is 4.79 Å². The van der Waals surface area contributed by atoms with Gasteiger partial charge in [-0.05, 0) is 69.1 Å². The van der Waals surface area contributed by atoms with Gasteiger partial charge >= 0.3 is 6.09 Å². The summed E-state index contributed by atoms with van der Waals surface area (Å²) in [4.78, 5) is 12.2. The van der Waals surface area contributed by atoms with Crippen molar-refractivity contribution in [3.05, 3.63) is 71.3 Å². The first-order chi connectivity index (χ1) is 12.4. The number of hydrogen-bond donors (Lipinski definition) is 1. The van der Waals surface area contributed by atoms with Crippen molar-refractivity contribution in [1.82, 2.24) is 5.32 Å². The highest BCUT2D eigenvalue weighted by molar-refractivity contribution is 5.68. The molecule has 0 heterocycles. The highest BCUT2D eigenvalue weighted by Crippen LogP contribution is 2.33. The van der Waals surface area contributed by atoms with E-state index < -0.39 is 5.60 Å². The Balaban J connectivity index is 1.77. The van der Waals surface area contributed by atoms with Gasteiger partial charge in [0.2, 0.25) is 0 Å². The summed E-state index contributed by atoms with van der Waals surface area (Å²) in [6.45, 7) is 5.69. The van der Waals surface area contributed by atoms with Crippen molar-refractivity contribution in [2.24, 2.45) is 0 Å². The summed E-state index contributed by atoms with van der Waals surface area (Å²) in [5, 5.41) is 3.10. The summed E-state index contributed by atoms with van der Waals surface area (Å²) in [6, 6.07) is 19.4. The Morgan fingerprint density at radius 2 is 1.77 bits per heavy atom. The fourth-order valence-corrected chi connectivity index (χ4v) is 3.78. The summed E-state index contributed by atoms with van der Waals surface area (Å²) in [6.07, 6.45) is 3.55. The molecule has 1 aliphatic rings. The standard InChI is InChI=1S/C23H29NO2/c1-23(2,3)26-22(25)24-20-14-13-18-11-7-8-12-21(18)19(16-20)15-17-9-5-4-6-10-17/h4-12,19-20H,13-16H2,1-3H3,(H,24,25). The van der Waals surface area contributed by atoms with E-state index in [-0.39, 0.29) is 12.1 Å². The minimum absolute atomic E-state index is 0.131. The number of fused-ring (bicyclic) bond motifs is 1. The number of carbonyl (C=O) groups excluding carboxylic acids is 1. The van der Waals surface area contributed by atoms with Gasteiger partial charge in [0.15, 0.2) is 0 Å². The first-order valence-electron chi connectivity index (χ1n) is 9.52. The molecule has 0 spiro atoms. The van der Waals surface area contributed by atoms with E-state index in [4.69, 9.17) is 4.74 Å². The Kier molecular flexibility index (Phi) is 5.65. The Labute approximate surface area is 156 Å². The fourth-order valence-electron chi connectivity index (χ4n) is 3.78. The zero-order valence-corrected chi connectivity index (χ0v) is 16.0. The van der Waals surface area contributed by atoms with E-state index in [2.05, 4.69) is 59.9 Å². The molecule has 0 fully saturated rings. The molecular formula is C23H29NO2. The molecule has 138 valence electrons. The van der Waals surface area contributed by atoms with Crippen molar-refractivity contribution in [2.75, 3.05) is 0 Å². The molecule has 0 radical (unpaired) electrons. The van der Waals surface area contributed by atoms with Crippen LogP contribution in [0.1, 0.15) is 56.2 Å². The average Bonchev–Trinajstić information content (AvgIpc) is 2.74. The van der Waals surface area contributed by atoms with E-state index in [1.54, 1.807) is 0 Å². The van der Waals surface area contributed by atoms with Gasteiger partial charge in [-0.25, -0.2) is 4.79 Å². The summed E-state index contributed by atoms with van der Waals surface area (Å²) < 4.78 is 5.46. The largest absolute Gasteiger partial charge is 0.444 e. The number of hydrogen-bond acceptors (Lipinski definition) is 2. The Morgan fingerprint density at radius 1 is 1.08 bits per heavy atom. The number of rotatable bonds is 3. The van der Waals surface area contributed by atoms with Crippen molar-refractivity contribution in [2.45, 2.75) is 64.0 Å². The van der Waals surface area contributed by atoms with Crippen molar-refractivity contribution in [3.8, 4) is 0 Å². The Hall–Kier alpha value is -2.29. The lowest BCUT2D eigenvalue weighted by Crippen LogP contribution is -2.39. The summed E-state index contributed by atoms with van der Waals surface area (Å²) in [7, 11) is 0. The highest BCUT2D eigenvalue weighted by Gasteiger charge is 2.27. The second-order valence-corrected chi connectivity index (χ2v) is 8.20. The zero-order chi connectivity index (χ0) is 18.6. The molecule has 3 heteroatoms. The number of carbonyl (C=O) groups is 1. The molecule has 2 atom stereocenters. The van der Waals surface area contributed by atoms with Crippen LogP contribution in [0.25, 0.3) is 0 Å². The van der Waals surface area contributed by atoms with E-state index in [1.165, 1.54) is 16.7 Å². The maximum Gasteiger partial charge on any atom is 0.407 e. The molecule has 3 rings (SSSR count).